The van der Waals surface area contributed by atoms with E-state index in [0.29, 0.717) is 0 Å². The zero-order valence-electron chi connectivity index (χ0n) is 20.2. The van der Waals surface area contributed by atoms with E-state index in [4.69, 9.17) is 5.26 Å². The molecule has 176 valence electrons. The highest BCUT2D eigenvalue weighted by Gasteiger charge is 2.34. The monoisotopic (exact) mass is 475 g/mol. The number of rotatable bonds is 4. The van der Waals surface area contributed by atoms with Gasteiger partial charge in [-0.15, -0.1) is 11.3 Å². The summed E-state index contributed by atoms with van der Waals surface area (Å²) >= 11 is 1.73. The average molecular weight is 476 g/mol. The quantitative estimate of drug-likeness (QED) is 0.446. The van der Waals surface area contributed by atoms with Gasteiger partial charge in [0.15, 0.2) is 0 Å². The van der Waals surface area contributed by atoms with Crippen molar-refractivity contribution >= 4 is 38.3 Å². The van der Waals surface area contributed by atoms with Crippen LogP contribution >= 0.6 is 11.3 Å². The van der Waals surface area contributed by atoms with Gasteiger partial charge in [-0.2, -0.15) is 10.4 Å². The maximum absolute atomic E-state index is 12.7. The van der Waals surface area contributed by atoms with E-state index in [1.165, 1.54) is 10.3 Å². The molecule has 0 N–H and O–H groups in total. The van der Waals surface area contributed by atoms with Gasteiger partial charge in [0.25, 0.3) is 5.56 Å². The van der Waals surface area contributed by atoms with Crippen LogP contribution in [0.5, 0.6) is 0 Å². The lowest BCUT2D eigenvalue weighted by Gasteiger charge is -2.47. The van der Waals surface area contributed by atoms with E-state index in [1.54, 1.807) is 39.9 Å². The van der Waals surface area contributed by atoms with Crippen LogP contribution in [0.1, 0.15) is 37.4 Å². The predicted octanol–water partition coefficient (Wildman–Crippen LogP) is 3.84. The van der Waals surface area contributed by atoms with Crippen molar-refractivity contribution in [1.82, 2.24) is 24.2 Å². The summed E-state index contributed by atoms with van der Waals surface area (Å²) in [6, 6.07) is 11.2. The maximum atomic E-state index is 12.7. The maximum Gasteiger partial charge on any atom is 0.252 e. The minimum atomic E-state index is -0.0680. The van der Waals surface area contributed by atoms with Gasteiger partial charge in [-0.25, -0.2) is 4.98 Å². The molecule has 0 amide bonds. The summed E-state index contributed by atoms with van der Waals surface area (Å²) in [7, 11) is 1.75. The fourth-order valence-electron chi connectivity index (χ4n) is 5.15. The minimum absolute atomic E-state index is 0.0680. The Hall–Kier alpha value is -3.22. The van der Waals surface area contributed by atoms with Gasteiger partial charge in [0, 0.05) is 44.3 Å². The standard InChI is InChI=1S/C25H29N7OS/c1-15-13-32(21-11-24(33)29(5)22-14-30(9-8-26)28-25(21)22)16(2)12-31(15)17(3)19-6-7-23-20(10-19)27-18(4)34-23/h6-7,10-11,14-17H,9,12-13H2,1-5H3/t15-,16+,17?/m1/s1. The zero-order chi connectivity index (χ0) is 24.1. The lowest BCUT2D eigenvalue weighted by molar-refractivity contribution is 0.119. The van der Waals surface area contributed by atoms with E-state index in [0.717, 1.165) is 40.3 Å². The molecule has 1 unspecified atom stereocenters. The summed E-state index contributed by atoms with van der Waals surface area (Å²) in [5.41, 5.74) is 4.64. The molecule has 3 aromatic heterocycles. The fraction of sp³-hybridized carbons (Fsp3) is 0.440. The molecular weight excluding hydrogens is 446 g/mol. The zero-order valence-corrected chi connectivity index (χ0v) is 21.0. The van der Waals surface area contributed by atoms with Gasteiger partial charge in [0.05, 0.1) is 38.7 Å². The van der Waals surface area contributed by atoms with Gasteiger partial charge in [-0.05, 0) is 45.4 Å². The molecule has 1 aromatic carbocycles. The highest BCUT2D eigenvalue weighted by atomic mass is 32.1. The first-order chi connectivity index (χ1) is 16.3. The summed E-state index contributed by atoms with van der Waals surface area (Å²) in [6.45, 7) is 10.6. The van der Waals surface area contributed by atoms with Gasteiger partial charge in [-0.1, -0.05) is 6.07 Å². The molecule has 1 saturated heterocycles. The van der Waals surface area contributed by atoms with Gasteiger partial charge >= 0.3 is 0 Å². The molecule has 8 nitrogen and oxygen atoms in total. The van der Waals surface area contributed by atoms with E-state index in [2.05, 4.69) is 64.9 Å². The van der Waals surface area contributed by atoms with Crippen molar-refractivity contribution in [2.75, 3.05) is 18.0 Å². The second-order valence-corrected chi connectivity index (χ2v) is 10.6. The van der Waals surface area contributed by atoms with Crippen molar-refractivity contribution in [2.24, 2.45) is 7.05 Å². The minimum Gasteiger partial charge on any atom is -0.364 e. The summed E-state index contributed by atoms with van der Waals surface area (Å²) in [5.74, 6) is 0. The molecule has 4 aromatic rings. The topological polar surface area (TPSA) is 83.0 Å². The molecule has 5 rings (SSSR count). The molecule has 0 radical (unpaired) electrons. The van der Waals surface area contributed by atoms with Gasteiger partial charge in [0.2, 0.25) is 0 Å². The summed E-state index contributed by atoms with van der Waals surface area (Å²) in [4.78, 5) is 22.3. The number of hydrogen-bond donors (Lipinski definition) is 0. The SMILES string of the molecule is Cc1nc2cc(C(C)N3C[C@H](C)N(c4cc(=O)n(C)c5cn(CC#N)nc45)C[C@H]3C)ccc2s1. The van der Waals surface area contributed by atoms with Gasteiger partial charge < -0.3 is 9.47 Å². The van der Waals surface area contributed by atoms with Gasteiger partial charge in [-0.3, -0.25) is 14.4 Å². The summed E-state index contributed by atoms with van der Waals surface area (Å²) in [5, 5.41) is 14.8. The number of pyridine rings is 1. The molecule has 0 spiro atoms. The molecule has 1 fully saturated rings. The second kappa shape index (κ2) is 8.53. The molecule has 0 aliphatic carbocycles. The molecule has 4 heterocycles. The van der Waals surface area contributed by atoms with Crippen molar-refractivity contribution < 1.29 is 0 Å². The molecule has 1 aliphatic heterocycles. The molecule has 34 heavy (non-hydrogen) atoms. The number of nitriles is 1. The lowest BCUT2D eigenvalue weighted by atomic mass is 10.00. The Balaban J connectivity index is 1.45. The van der Waals surface area contributed by atoms with E-state index in [9.17, 15) is 4.79 Å². The van der Waals surface area contributed by atoms with Crippen LogP contribution in [-0.4, -0.2) is 49.4 Å². The number of fused-ring (bicyclic) bond motifs is 2. The number of piperazine rings is 1. The van der Waals surface area contributed by atoms with Crippen LogP contribution < -0.4 is 10.5 Å². The first kappa shape index (κ1) is 22.6. The highest BCUT2D eigenvalue weighted by Crippen LogP contribution is 2.33. The second-order valence-electron chi connectivity index (χ2n) is 9.33. The smallest absolute Gasteiger partial charge is 0.252 e. The third-order valence-electron chi connectivity index (χ3n) is 7.01. The number of aryl methyl sites for hydroxylation is 2. The first-order valence-corrected chi connectivity index (χ1v) is 12.4. The van der Waals surface area contributed by atoms with Crippen LogP contribution in [0.3, 0.4) is 0 Å². The van der Waals surface area contributed by atoms with Crippen molar-refractivity contribution in [3.63, 3.8) is 0 Å². The van der Waals surface area contributed by atoms with Crippen LogP contribution in [0.15, 0.2) is 35.3 Å². The van der Waals surface area contributed by atoms with Crippen LogP contribution in [0.2, 0.25) is 0 Å². The molecule has 0 bridgehead atoms. The number of hydrogen-bond acceptors (Lipinski definition) is 7. The number of thiazole rings is 1. The highest BCUT2D eigenvalue weighted by molar-refractivity contribution is 7.18. The average Bonchev–Trinajstić information content (AvgIpc) is 3.39. The largest absolute Gasteiger partial charge is 0.364 e. The van der Waals surface area contributed by atoms with Crippen molar-refractivity contribution in [2.45, 2.75) is 52.4 Å². The Morgan fingerprint density at radius 1 is 1.24 bits per heavy atom. The molecule has 0 saturated carbocycles. The molecule has 3 atom stereocenters. The van der Waals surface area contributed by atoms with Gasteiger partial charge in [0.1, 0.15) is 12.1 Å². The van der Waals surface area contributed by atoms with Crippen LogP contribution in [0.25, 0.3) is 21.3 Å². The normalized spacial score (nSPS) is 20.2. The van der Waals surface area contributed by atoms with E-state index in [-0.39, 0.29) is 30.2 Å². The third kappa shape index (κ3) is 3.77. The Kier molecular flexibility index (Phi) is 5.66. The third-order valence-corrected chi connectivity index (χ3v) is 7.96. The Morgan fingerprint density at radius 3 is 2.79 bits per heavy atom. The molecule has 1 aliphatic rings. The lowest BCUT2D eigenvalue weighted by Crippen LogP contribution is -2.57. The summed E-state index contributed by atoms with van der Waals surface area (Å²) < 4.78 is 4.43. The Morgan fingerprint density at radius 2 is 2.03 bits per heavy atom. The number of nitrogens with zero attached hydrogens (tertiary/aromatic N) is 7. The first-order valence-electron chi connectivity index (χ1n) is 11.6. The van der Waals surface area contributed by atoms with Crippen LogP contribution in [-0.2, 0) is 13.6 Å². The predicted molar refractivity (Wildman–Crippen MR) is 136 cm³/mol. The van der Waals surface area contributed by atoms with Crippen LogP contribution in [0, 0.1) is 18.3 Å². The Labute approximate surface area is 202 Å². The van der Waals surface area contributed by atoms with Crippen molar-refractivity contribution in [3.8, 4) is 6.07 Å². The van der Waals surface area contributed by atoms with E-state index < -0.39 is 0 Å². The van der Waals surface area contributed by atoms with Crippen molar-refractivity contribution in [1.29, 1.82) is 5.26 Å². The fourth-order valence-corrected chi connectivity index (χ4v) is 5.96. The van der Waals surface area contributed by atoms with E-state index in [1.807, 2.05) is 6.92 Å². The molecular formula is C25H29N7OS. The number of benzene rings is 1. The van der Waals surface area contributed by atoms with Crippen molar-refractivity contribution in [3.05, 3.63) is 51.4 Å². The summed E-state index contributed by atoms with van der Waals surface area (Å²) in [6.07, 6.45) is 1.78. The number of aromatic nitrogens is 4. The van der Waals surface area contributed by atoms with E-state index >= 15 is 0 Å². The van der Waals surface area contributed by atoms with Crippen LogP contribution in [0.4, 0.5) is 5.69 Å². The molecule has 9 heteroatoms. The Bertz CT molecular complexity index is 1480. The number of anilines is 1.